The van der Waals surface area contributed by atoms with Crippen molar-refractivity contribution in [1.29, 1.82) is 0 Å². The third-order valence-corrected chi connectivity index (χ3v) is 5.15. The Balaban J connectivity index is 1.79. The van der Waals surface area contributed by atoms with Crippen LogP contribution in [0.1, 0.15) is 42.9 Å². The number of rotatable bonds is 5. The Morgan fingerprint density at radius 2 is 1.80 bits per heavy atom. The number of carbonyl (C=O) groups is 1. The maximum Gasteiger partial charge on any atom is 0.408 e. The molecule has 2 saturated carbocycles. The molecular weight excluding hydrogens is 333 g/mol. The van der Waals surface area contributed by atoms with Crippen molar-refractivity contribution >= 4 is 5.91 Å². The van der Waals surface area contributed by atoms with Crippen LogP contribution in [-0.2, 0) is 22.2 Å². The van der Waals surface area contributed by atoms with Gasteiger partial charge >= 0.3 is 6.18 Å². The maximum absolute atomic E-state index is 13.0. The minimum absolute atomic E-state index is 0.0505. The second-order valence-corrected chi connectivity index (χ2v) is 6.93. The largest absolute Gasteiger partial charge is 0.408 e. The Kier molecular flexibility index (Phi) is 3.26. The minimum atomic E-state index is -4.45. The lowest BCUT2D eigenvalue weighted by Crippen LogP contribution is -2.33. The Morgan fingerprint density at radius 3 is 2.28 bits per heavy atom. The van der Waals surface area contributed by atoms with Gasteiger partial charge in [-0.25, -0.2) is 9.67 Å². The summed E-state index contributed by atoms with van der Waals surface area (Å²) in [7, 11) is 0. The van der Waals surface area contributed by atoms with Crippen molar-refractivity contribution in [3.05, 3.63) is 47.5 Å². The third-order valence-electron chi connectivity index (χ3n) is 5.15. The smallest absolute Gasteiger partial charge is 0.369 e. The van der Waals surface area contributed by atoms with Gasteiger partial charge in [-0.05, 0) is 31.2 Å². The molecule has 2 aliphatic carbocycles. The van der Waals surface area contributed by atoms with Gasteiger partial charge in [0.1, 0.15) is 17.8 Å². The Morgan fingerprint density at radius 1 is 1.16 bits per heavy atom. The number of carbonyl (C=O) groups excluding carboxylic acids is 1. The fourth-order valence-electron chi connectivity index (χ4n) is 3.41. The van der Waals surface area contributed by atoms with Gasteiger partial charge in [0.05, 0.1) is 5.41 Å². The standard InChI is InChI=1S/C17H17F3N4O/c18-17(19,20)10-24-14(16(8-9-16)12(21)25)22-13(23-24)15(6-7-15)11-4-2-1-3-5-11/h1-5H,6-10H2,(H2,21,25). The van der Waals surface area contributed by atoms with E-state index in [1.165, 1.54) is 0 Å². The van der Waals surface area contributed by atoms with Gasteiger partial charge < -0.3 is 5.73 Å². The van der Waals surface area contributed by atoms with Crippen molar-refractivity contribution in [3.63, 3.8) is 0 Å². The van der Waals surface area contributed by atoms with Gasteiger partial charge in [-0.15, -0.1) is 0 Å². The summed E-state index contributed by atoms with van der Waals surface area (Å²) in [5.74, 6) is -0.237. The summed E-state index contributed by atoms with van der Waals surface area (Å²) in [6, 6.07) is 9.51. The van der Waals surface area contributed by atoms with Gasteiger partial charge in [-0.1, -0.05) is 30.3 Å². The highest BCUT2D eigenvalue weighted by atomic mass is 19.4. The topological polar surface area (TPSA) is 73.8 Å². The first kappa shape index (κ1) is 16.1. The quantitative estimate of drug-likeness (QED) is 0.900. The van der Waals surface area contributed by atoms with Crippen LogP contribution in [0.15, 0.2) is 30.3 Å². The van der Waals surface area contributed by atoms with Gasteiger partial charge in [-0.3, -0.25) is 4.79 Å². The summed E-state index contributed by atoms with van der Waals surface area (Å²) in [6.07, 6.45) is -2.07. The Hall–Kier alpha value is -2.38. The first-order valence-corrected chi connectivity index (χ1v) is 8.15. The molecule has 8 heteroatoms. The van der Waals surface area contributed by atoms with Crippen molar-refractivity contribution in [3.8, 4) is 0 Å². The molecule has 2 fully saturated rings. The lowest BCUT2D eigenvalue weighted by atomic mass is 9.95. The average Bonchev–Trinajstić information content (AvgIpc) is 3.46. The SMILES string of the molecule is NC(=O)C1(c2nc(C3(c4ccccc4)CC3)nn2CC(F)(F)F)CC1. The van der Waals surface area contributed by atoms with Gasteiger partial charge in [0.25, 0.3) is 0 Å². The summed E-state index contributed by atoms with van der Waals surface area (Å²) in [5, 5.41) is 4.17. The number of nitrogens with two attached hydrogens (primary N) is 1. The molecule has 0 spiro atoms. The summed E-state index contributed by atoms with van der Waals surface area (Å²) in [5.41, 5.74) is 4.86. The van der Waals surface area contributed by atoms with Crippen molar-refractivity contribution in [2.45, 2.75) is 49.2 Å². The number of alkyl halides is 3. The fourth-order valence-corrected chi connectivity index (χ4v) is 3.41. The van der Waals surface area contributed by atoms with Crippen molar-refractivity contribution < 1.29 is 18.0 Å². The normalized spacial score (nSPS) is 20.3. The predicted molar refractivity (Wildman–Crippen MR) is 82.6 cm³/mol. The molecule has 0 saturated heterocycles. The summed E-state index contributed by atoms with van der Waals surface area (Å²) >= 11 is 0. The van der Waals surface area contributed by atoms with Crippen LogP contribution in [-0.4, -0.2) is 26.8 Å². The first-order valence-electron chi connectivity index (χ1n) is 8.15. The molecule has 0 atom stereocenters. The molecular formula is C17H17F3N4O. The molecule has 0 bridgehead atoms. The lowest BCUT2D eigenvalue weighted by Gasteiger charge is -2.13. The van der Waals surface area contributed by atoms with E-state index in [9.17, 15) is 18.0 Å². The van der Waals surface area contributed by atoms with Gasteiger partial charge in [0, 0.05) is 0 Å². The van der Waals surface area contributed by atoms with Crippen molar-refractivity contribution in [2.24, 2.45) is 5.73 Å². The monoisotopic (exact) mass is 350 g/mol. The van der Waals surface area contributed by atoms with Crippen molar-refractivity contribution in [1.82, 2.24) is 14.8 Å². The molecule has 0 aliphatic heterocycles. The molecule has 0 radical (unpaired) electrons. The maximum atomic E-state index is 13.0. The molecule has 1 aromatic carbocycles. The summed E-state index contributed by atoms with van der Waals surface area (Å²) < 4.78 is 39.7. The molecule has 5 nitrogen and oxygen atoms in total. The molecule has 4 rings (SSSR count). The number of hydrogen-bond donors (Lipinski definition) is 1. The van der Waals surface area contributed by atoms with Crippen LogP contribution in [0.4, 0.5) is 13.2 Å². The first-order chi connectivity index (χ1) is 11.8. The number of hydrogen-bond acceptors (Lipinski definition) is 3. The Labute approximate surface area is 142 Å². The molecule has 0 unspecified atom stereocenters. The molecule has 1 heterocycles. The fraction of sp³-hybridized carbons (Fsp3) is 0.471. The van der Waals surface area contributed by atoms with E-state index in [0.717, 1.165) is 23.1 Å². The highest BCUT2D eigenvalue weighted by Crippen LogP contribution is 2.54. The molecule has 1 aromatic heterocycles. The van der Waals surface area contributed by atoms with E-state index in [4.69, 9.17) is 5.73 Å². The Bertz CT molecular complexity index is 820. The van der Waals surface area contributed by atoms with E-state index in [0.29, 0.717) is 18.7 Å². The van der Waals surface area contributed by atoms with Gasteiger partial charge in [0.15, 0.2) is 5.82 Å². The van der Waals surface area contributed by atoms with Crippen LogP contribution in [0.5, 0.6) is 0 Å². The van der Waals surface area contributed by atoms with Crippen LogP contribution in [0.3, 0.4) is 0 Å². The zero-order chi connectivity index (χ0) is 17.9. The summed E-state index contributed by atoms with van der Waals surface area (Å²) in [4.78, 5) is 16.2. The lowest BCUT2D eigenvalue weighted by molar-refractivity contribution is -0.143. The minimum Gasteiger partial charge on any atom is -0.369 e. The zero-order valence-corrected chi connectivity index (χ0v) is 13.4. The average molecular weight is 350 g/mol. The molecule has 2 aliphatic rings. The second kappa shape index (κ2) is 5.06. The highest BCUT2D eigenvalue weighted by Gasteiger charge is 2.57. The molecule has 132 valence electrons. The highest BCUT2D eigenvalue weighted by molar-refractivity contribution is 5.88. The van der Waals surface area contributed by atoms with Crippen LogP contribution < -0.4 is 5.73 Å². The van der Waals surface area contributed by atoms with Crippen molar-refractivity contribution in [2.75, 3.05) is 0 Å². The number of primary amides is 1. The van der Waals surface area contributed by atoms with Crippen LogP contribution in [0.25, 0.3) is 0 Å². The number of halogens is 3. The van der Waals surface area contributed by atoms with E-state index in [2.05, 4.69) is 10.1 Å². The third kappa shape index (κ3) is 2.60. The van der Waals surface area contributed by atoms with E-state index < -0.39 is 29.5 Å². The number of aromatic nitrogens is 3. The van der Waals surface area contributed by atoms with E-state index >= 15 is 0 Å². The number of nitrogens with zero attached hydrogens (tertiary/aromatic N) is 3. The summed E-state index contributed by atoms with van der Waals surface area (Å²) in [6.45, 7) is -1.27. The molecule has 25 heavy (non-hydrogen) atoms. The molecule has 1 amide bonds. The zero-order valence-electron chi connectivity index (χ0n) is 13.4. The van der Waals surface area contributed by atoms with Gasteiger partial charge in [-0.2, -0.15) is 18.3 Å². The van der Waals surface area contributed by atoms with Crippen LogP contribution in [0, 0.1) is 0 Å². The number of benzene rings is 1. The van der Waals surface area contributed by atoms with E-state index in [1.54, 1.807) is 0 Å². The molecule has 2 N–H and O–H groups in total. The van der Waals surface area contributed by atoms with Crippen LogP contribution >= 0.6 is 0 Å². The molecule has 2 aromatic rings. The van der Waals surface area contributed by atoms with E-state index in [1.807, 2.05) is 30.3 Å². The predicted octanol–water partition coefficient (Wildman–Crippen LogP) is 2.44. The van der Waals surface area contributed by atoms with E-state index in [-0.39, 0.29) is 5.82 Å². The second-order valence-electron chi connectivity index (χ2n) is 6.93. The van der Waals surface area contributed by atoms with Crippen LogP contribution in [0.2, 0.25) is 0 Å². The number of amides is 1. The van der Waals surface area contributed by atoms with Gasteiger partial charge in [0.2, 0.25) is 5.91 Å².